The molecule has 0 unspecified atom stereocenters. The van der Waals surface area contributed by atoms with Gasteiger partial charge in [0, 0.05) is 23.2 Å². The van der Waals surface area contributed by atoms with Crippen molar-refractivity contribution in [3.63, 3.8) is 0 Å². The highest BCUT2D eigenvalue weighted by atomic mass is 35.5. The Kier molecular flexibility index (Phi) is 2.84. The summed E-state index contributed by atoms with van der Waals surface area (Å²) in [5, 5.41) is 1.74. The second kappa shape index (κ2) is 4.13. The van der Waals surface area contributed by atoms with Gasteiger partial charge in [0.2, 0.25) is 0 Å². The molecule has 15 heavy (non-hydrogen) atoms. The molecular weight excluding hydrogens is 212 g/mol. The number of hydrogen-bond donors (Lipinski definition) is 2. The maximum absolute atomic E-state index is 6.06. The maximum atomic E-state index is 6.06. The van der Waals surface area contributed by atoms with E-state index in [4.69, 9.17) is 22.1 Å². The molecule has 1 aromatic carbocycles. The molecule has 0 saturated heterocycles. The highest BCUT2D eigenvalue weighted by Crippen LogP contribution is 2.31. The van der Waals surface area contributed by atoms with E-state index in [1.165, 1.54) is 5.56 Å². The Balaban J connectivity index is 2.57. The first-order valence-corrected chi connectivity index (χ1v) is 5.17. The first-order chi connectivity index (χ1) is 7.26. The maximum Gasteiger partial charge on any atom is 0.139 e. The molecule has 1 heterocycles. The number of nitrogens with one attached hydrogen (secondary N) is 1. The minimum absolute atomic E-state index is 0.628. The predicted octanol–water partition coefficient (Wildman–Crippen LogP) is 2.33. The average molecular weight is 225 g/mol. The molecule has 3 N–H and O–H groups in total. The predicted molar refractivity (Wildman–Crippen MR) is 62.6 cm³/mol. The second-order valence-corrected chi connectivity index (χ2v) is 3.79. The SMILES string of the molecule is COc1cc2[nH]cc(CCN)c2cc1Cl. The average Bonchev–Trinajstić information content (AvgIpc) is 2.61. The van der Waals surface area contributed by atoms with Crippen molar-refractivity contribution in [1.82, 2.24) is 4.98 Å². The first-order valence-electron chi connectivity index (χ1n) is 4.80. The van der Waals surface area contributed by atoms with E-state index in [0.717, 1.165) is 17.3 Å². The zero-order valence-corrected chi connectivity index (χ0v) is 9.27. The third-order valence-electron chi connectivity index (χ3n) is 2.45. The third kappa shape index (κ3) is 1.80. The molecule has 3 nitrogen and oxygen atoms in total. The molecule has 0 bridgehead atoms. The highest BCUT2D eigenvalue weighted by Gasteiger charge is 2.07. The van der Waals surface area contributed by atoms with Crippen LogP contribution in [0.25, 0.3) is 10.9 Å². The van der Waals surface area contributed by atoms with Crippen molar-refractivity contribution in [2.24, 2.45) is 5.73 Å². The number of fused-ring (bicyclic) bond motifs is 1. The lowest BCUT2D eigenvalue weighted by Gasteiger charge is -2.03. The molecule has 0 aliphatic heterocycles. The topological polar surface area (TPSA) is 51.0 Å². The Morgan fingerprint density at radius 2 is 2.27 bits per heavy atom. The molecule has 2 rings (SSSR count). The van der Waals surface area contributed by atoms with Gasteiger partial charge in [0.05, 0.1) is 12.1 Å². The smallest absolute Gasteiger partial charge is 0.139 e. The first kappa shape index (κ1) is 10.3. The van der Waals surface area contributed by atoms with E-state index >= 15 is 0 Å². The molecule has 0 aliphatic carbocycles. The summed E-state index contributed by atoms with van der Waals surface area (Å²) in [6.07, 6.45) is 2.82. The van der Waals surface area contributed by atoms with E-state index in [0.29, 0.717) is 17.3 Å². The van der Waals surface area contributed by atoms with Gasteiger partial charge in [0.15, 0.2) is 0 Å². The van der Waals surface area contributed by atoms with Crippen LogP contribution in [0.3, 0.4) is 0 Å². The van der Waals surface area contributed by atoms with Crippen LogP contribution in [-0.4, -0.2) is 18.6 Å². The van der Waals surface area contributed by atoms with E-state index in [2.05, 4.69) is 4.98 Å². The molecule has 0 amide bonds. The number of H-pyrrole nitrogens is 1. The van der Waals surface area contributed by atoms with Gasteiger partial charge in [-0.15, -0.1) is 0 Å². The van der Waals surface area contributed by atoms with E-state index in [1.807, 2.05) is 18.3 Å². The number of halogens is 1. The number of aromatic nitrogens is 1. The fourth-order valence-corrected chi connectivity index (χ4v) is 1.94. The standard InChI is InChI=1S/C11H13ClN2O/c1-15-11-5-10-8(4-9(11)12)7(2-3-13)6-14-10/h4-6,14H,2-3,13H2,1H3. The van der Waals surface area contributed by atoms with E-state index in [-0.39, 0.29) is 0 Å². The van der Waals surface area contributed by atoms with Crippen LogP contribution in [0.5, 0.6) is 5.75 Å². The van der Waals surface area contributed by atoms with Crippen molar-refractivity contribution in [2.45, 2.75) is 6.42 Å². The van der Waals surface area contributed by atoms with Crippen molar-refractivity contribution in [3.8, 4) is 5.75 Å². The molecule has 2 aromatic rings. The molecule has 1 aromatic heterocycles. The van der Waals surface area contributed by atoms with Gasteiger partial charge >= 0.3 is 0 Å². The van der Waals surface area contributed by atoms with Crippen LogP contribution >= 0.6 is 11.6 Å². The third-order valence-corrected chi connectivity index (χ3v) is 2.75. The summed E-state index contributed by atoms with van der Waals surface area (Å²) in [6.45, 7) is 0.636. The summed E-state index contributed by atoms with van der Waals surface area (Å²) in [6, 6.07) is 3.81. The molecular formula is C11H13ClN2O. The lowest BCUT2D eigenvalue weighted by atomic mass is 10.1. The Hall–Kier alpha value is -1.19. The lowest BCUT2D eigenvalue weighted by Crippen LogP contribution is -2.01. The van der Waals surface area contributed by atoms with Crippen LogP contribution in [0.1, 0.15) is 5.56 Å². The molecule has 0 spiro atoms. The zero-order valence-electron chi connectivity index (χ0n) is 8.51. The quantitative estimate of drug-likeness (QED) is 0.841. The van der Waals surface area contributed by atoms with Crippen LogP contribution in [0.4, 0.5) is 0 Å². The number of ether oxygens (including phenoxy) is 1. The number of hydrogen-bond acceptors (Lipinski definition) is 2. The number of aromatic amines is 1. The largest absolute Gasteiger partial charge is 0.495 e. The fraction of sp³-hybridized carbons (Fsp3) is 0.273. The van der Waals surface area contributed by atoms with Gasteiger partial charge in [-0.25, -0.2) is 0 Å². The Bertz CT molecular complexity index is 479. The normalized spacial score (nSPS) is 10.9. The van der Waals surface area contributed by atoms with E-state index in [9.17, 15) is 0 Å². The summed E-state index contributed by atoms with van der Waals surface area (Å²) in [4.78, 5) is 3.18. The van der Waals surface area contributed by atoms with Gasteiger partial charge in [-0.3, -0.25) is 0 Å². The molecule has 80 valence electrons. The molecule has 0 aliphatic rings. The van der Waals surface area contributed by atoms with Crippen molar-refractivity contribution in [2.75, 3.05) is 13.7 Å². The van der Waals surface area contributed by atoms with Crippen LogP contribution in [0.15, 0.2) is 18.3 Å². The number of methoxy groups -OCH3 is 1. The number of benzene rings is 1. The zero-order chi connectivity index (χ0) is 10.8. The van der Waals surface area contributed by atoms with Crippen molar-refractivity contribution < 1.29 is 4.74 Å². The van der Waals surface area contributed by atoms with Crippen LogP contribution in [-0.2, 0) is 6.42 Å². The van der Waals surface area contributed by atoms with E-state index < -0.39 is 0 Å². The van der Waals surface area contributed by atoms with Gasteiger partial charge in [-0.2, -0.15) is 0 Å². The molecule has 0 fully saturated rings. The van der Waals surface area contributed by atoms with E-state index in [1.54, 1.807) is 7.11 Å². The fourth-order valence-electron chi connectivity index (χ4n) is 1.70. The van der Waals surface area contributed by atoms with Crippen LogP contribution in [0, 0.1) is 0 Å². The van der Waals surface area contributed by atoms with Crippen molar-refractivity contribution in [1.29, 1.82) is 0 Å². The van der Waals surface area contributed by atoms with Crippen LogP contribution in [0.2, 0.25) is 5.02 Å². The Morgan fingerprint density at radius 1 is 1.47 bits per heavy atom. The second-order valence-electron chi connectivity index (χ2n) is 3.38. The molecule has 4 heteroatoms. The van der Waals surface area contributed by atoms with Gasteiger partial charge in [-0.05, 0) is 24.6 Å². The molecule has 0 atom stereocenters. The summed E-state index contributed by atoms with van der Waals surface area (Å²) in [5.41, 5.74) is 7.75. The lowest BCUT2D eigenvalue weighted by molar-refractivity contribution is 0.415. The summed E-state index contributed by atoms with van der Waals surface area (Å²) in [7, 11) is 1.61. The van der Waals surface area contributed by atoms with Gasteiger partial charge in [-0.1, -0.05) is 11.6 Å². The highest BCUT2D eigenvalue weighted by molar-refractivity contribution is 6.32. The number of nitrogens with two attached hydrogens (primary N) is 1. The number of rotatable bonds is 3. The summed E-state index contributed by atoms with van der Waals surface area (Å²) < 4.78 is 5.15. The Morgan fingerprint density at radius 3 is 2.93 bits per heavy atom. The minimum atomic E-state index is 0.628. The monoisotopic (exact) mass is 224 g/mol. The molecule has 0 radical (unpaired) electrons. The van der Waals surface area contributed by atoms with Crippen LogP contribution < -0.4 is 10.5 Å². The molecule has 0 saturated carbocycles. The summed E-state index contributed by atoms with van der Waals surface area (Å²) >= 11 is 6.06. The Labute approximate surface area is 93.2 Å². The van der Waals surface area contributed by atoms with Crippen molar-refractivity contribution in [3.05, 3.63) is 28.9 Å². The summed E-state index contributed by atoms with van der Waals surface area (Å²) in [5.74, 6) is 0.685. The minimum Gasteiger partial charge on any atom is -0.495 e. The van der Waals surface area contributed by atoms with Gasteiger partial charge < -0.3 is 15.5 Å². The van der Waals surface area contributed by atoms with Gasteiger partial charge in [0.1, 0.15) is 5.75 Å². The van der Waals surface area contributed by atoms with Crippen molar-refractivity contribution >= 4 is 22.5 Å². The van der Waals surface area contributed by atoms with Gasteiger partial charge in [0.25, 0.3) is 0 Å².